The van der Waals surface area contributed by atoms with Gasteiger partial charge in [-0.15, -0.1) is 6.58 Å². The van der Waals surface area contributed by atoms with Gasteiger partial charge in [-0.05, 0) is 69.7 Å². The molecule has 0 aliphatic heterocycles. The summed E-state index contributed by atoms with van der Waals surface area (Å²) in [5, 5.41) is 0. The highest BCUT2D eigenvalue weighted by Crippen LogP contribution is 2.31. The fraction of sp³-hybridized carbons (Fsp3) is 0.368. The molecule has 0 saturated heterocycles. The van der Waals surface area contributed by atoms with Crippen molar-refractivity contribution in [3.8, 4) is 0 Å². The first-order valence-electron chi connectivity index (χ1n) is 6.90. The lowest BCUT2D eigenvalue weighted by Gasteiger charge is -2.16. The second-order valence-corrected chi connectivity index (χ2v) is 5.73. The molecule has 0 saturated carbocycles. The van der Waals surface area contributed by atoms with Crippen LogP contribution in [0.1, 0.15) is 50.3 Å². The number of benzene rings is 1. The average molecular weight is 254 g/mol. The van der Waals surface area contributed by atoms with Gasteiger partial charge >= 0.3 is 0 Å². The second kappa shape index (κ2) is 6.56. The molecule has 1 aromatic rings. The van der Waals surface area contributed by atoms with E-state index in [0.29, 0.717) is 0 Å². The number of allylic oxidation sites excluding steroid dienone is 4. The molecule has 0 amide bonds. The Morgan fingerprint density at radius 1 is 1.00 bits per heavy atom. The Bertz CT molecular complexity index is 523. The Balaban J connectivity index is 3.11. The quantitative estimate of drug-likeness (QED) is 0.446. The van der Waals surface area contributed by atoms with Gasteiger partial charge in [0.2, 0.25) is 0 Å². The van der Waals surface area contributed by atoms with E-state index < -0.39 is 0 Å². The van der Waals surface area contributed by atoms with Crippen molar-refractivity contribution in [2.45, 2.75) is 47.5 Å². The number of hydrogen-bond donors (Lipinski definition) is 0. The Morgan fingerprint density at radius 2 is 1.63 bits per heavy atom. The molecule has 102 valence electrons. The van der Waals surface area contributed by atoms with Crippen LogP contribution >= 0.6 is 0 Å². The van der Waals surface area contributed by atoms with Crippen molar-refractivity contribution in [1.29, 1.82) is 0 Å². The SMILES string of the molecule is C=C(C)CCC(C(=C)c1cc(C)ccc1C)=C(C)C. The van der Waals surface area contributed by atoms with Crippen molar-refractivity contribution >= 4 is 5.57 Å². The van der Waals surface area contributed by atoms with Gasteiger partial charge in [0.05, 0.1) is 0 Å². The molecule has 1 rings (SSSR count). The van der Waals surface area contributed by atoms with E-state index in [1.54, 1.807) is 0 Å². The molecular weight excluding hydrogens is 228 g/mol. The monoisotopic (exact) mass is 254 g/mol. The summed E-state index contributed by atoms with van der Waals surface area (Å²) in [5.74, 6) is 0. The summed E-state index contributed by atoms with van der Waals surface area (Å²) in [6, 6.07) is 6.57. The average Bonchev–Trinajstić information content (AvgIpc) is 2.31. The molecule has 0 heteroatoms. The third-order valence-corrected chi connectivity index (χ3v) is 3.49. The molecule has 0 heterocycles. The minimum absolute atomic E-state index is 1.03. The fourth-order valence-corrected chi connectivity index (χ4v) is 2.26. The summed E-state index contributed by atoms with van der Waals surface area (Å²) in [7, 11) is 0. The van der Waals surface area contributed by atoms with Crippen LogP contribution in [-0.2, 0) is 0 Å². The van der Waals surface area contributed by atoms with Crippen LogP contribution in [0.4, 0.5) is 0 Å². The molecule has 0 N–H and O–H groups in total. The number of hydrogen-bond acceptors (Lipinski definition) is 0. The highest BCUT2D eigenvalue weighted by atomic mass is 14.1. The molecule has 0 fully saturated rings. The normalized spacial score (nSPS) is 10.2. The van der Waals surface area contributed by atoms with Crippen molar-refractivity contribution in [3.05, 3.63) is 64.8 Å². The Hall–Kier alpha value is -1.56. The van der Waals surface area contributed by atoms with E-state index in [1.807, 2.05) is 0 Å². The van der Waals surface area contributed by atoms with Crippen LogP contribution in [-0.4, -0.2) is 0 Å². The van der Waals surface area contributed by atoms with Gasteiger partial charge < -0.3 is 0 Å². The Labute approximate surface area is 118 Å². The van der Waals surface area contributed by atoms with Gasteiger partial charge in [-0.3, -0.25) is 0 Å². The Kier molecular flexibility index (Phi) is 5.35. The van der Waals surface area contributed by atoms with E-state index in [9.17, 15) is 0 Å². The predicted octanol–water partition coefficient (Wildman–Crippen LogP) is 6.01. The molecular formula is C19H26. The van der Waals surface area contributed by atoms with E-state index in [-0.39, 0.29) is 0 Å². The summed E-state index contributed by atoms with van der Waals surface area (Å²) in [6.45, 7) is 19.1. The number of rotatable bonds is 5. The van der Waals surface area contributed by atoms with Crippen LogP contribution in [0.5, 0.6) is 0 Å². The van der Waals surface area contributed by atoms with Crippen LogP contribution in [0.25, 0.3) is 5.57 Å². The zero-order valence-corrected chi connectivity index (χ0v) is 13.1. The highest BCUT2D eigenvalue weighted by Gasteiger charge is 2.10. The molecule has 0 unspecified atom stereocenters. The summed E-state index contributed by atoms with van der Waals surface area (Å²) in [6.07, 6.45) is 2.06. The first kappa shape index (κ1) is 15.5. The van der Waals surface area contributed by atoms with E-state index in [1.165, 1.54) is 39.0 Å². The van der Waals surface area contributed by atoms with Crippen molar-refractivity contribution in [1.82, 2.24) is 0 Å². The molecule has 0 spiro atoms. The zero-order chi connectivity index (χ0) is 14.6. The Morgan fingerprint density at radius 3 is 2.16 bits per heavy atom. The van der Waals surface area contributed by atoms with E-state index in [4.69, 9.17) is 0 Å². The molecule has 1 aromatic carbocycles. The van der Waals surface area contributed by atoms with Crippen molar-refractivity contribution in [2.75, 3.05) is 0 Å². The highest BCUT2D eigenvalue weighted by molar-refractivity contribution is 5.79. The molecule has 0 aliphatic carbocycles. The number of aryl methyl sites for hydroxylation is 2. The van der Waals surface area contributed by atoms with Gasteiger partial charge in [-0.1, -0.05) is 41.5 Å². The lowest BCUT2D eigenvalue weighted by atomic mass is 9.89. The second-order valence-electron chi connectivity index (χ2n) is 5.73. The summed E-state index contributed by atoms with van der Waals surface area (Å²) >= 11 is 0. The summed E-state index contributed by atoms with van der Waals surface area (Å²) < 4.78 is 0. The van der Waals surface area contributed by atoms with Gasteiger partial charge in [0.1, 0.15) is 0 Å². The molecule has 0 nitrogen and oxygen atoms in total. The van der Waals surface area contributed by atoms with Crippen LogP contribution in [0.15, 0.2) is 48.1 Å². The largest absolute Gasteiger partial charge is 0.100 e. The standard InChI is InChI=1S/C19H26/c1-13(2)8-11-18(14(3)4)17(7)19-12-15(5)9-10-16(19)6/h9-10,12H,1,7-8,11H2,2-6H3. The smallest absolute Gasteiger partial charge is 0.0155 e. The van der Waals surface area contributed by atoms with Crippen LogP contribution in [0.2, 0.25) is 0 Å². The third-order valence-electron chi connectivity index (χ3n) is 3.49. The molecule has 0 radical (unpaired) electrons. The topological polar surface area (TPSA) is 0 Å². The van der Waals surface area contributed by atoms with Crippen molar-refractivity contribution in [2.24, 2.45) is 0 Å². The van der Waals surface area contributed by atoms with Crippen molar-refractivity contribution in [3.63, 3.8) is 0 Å². The molecule has 0 aromatic heterocycles. The van der Waals surface area contributed by atoms with Gasteiger partial charge in [-0.25, -0.2) is 0 Å². The van der Waals surface area contributed by atoms with E-state index in [2.05, 4.69) is 66.0 Å². The summed E-state index contributed by atoms with van der Waals surface area (Å²) in [5.41, 5.74) is 8.98. The lowest BCUT2D eigenvalue weighted by Crippen LogP contribution is -1.96. The van der Waals surface area contributed by atoms with Crippen LogP contribution < -0.4 is 0 Å². The predicted molar refractivity (Wildman–Crippen MR) is 87.4 cm³/mol. The van der Waals surface area contributed by atoms with Crippen LogP contribution in [0, 0.1) is 13.8 Å². The molecule has 0 aliphatic rings. The molecule has 19 heavy (non-hydrogen) atoms. The van der Waals surface area contributed by atoms with Gasteiger partial charge in [0.15, 0.2) is 0 Å². The van der Waals surface area contributed by atoms with Gasteiger partial charge in [-0.2, -0.15) is 0 Å². The fourth-order valence-electron chi connectivity index (χ4n) is 2.26. The maximum absolute atomic E-state index is 4.34. The maximum Gasteiger partial charge on any atom is -0.0155 e. The van der Waals surface area contributed by atoms with Gasteiger partial charge in [0.25, 0.3) is 0 Å². The lowest BCUT2D eigenvalue weighted by molar-refractivity contribution is 0.940. The minimum atomic E-state index is 1.03. The third kappa shape index (κ3) is 4.24. The van der Waals surface area contributed by atoms with Crippen molar-refractivity contribution < 1.29 is 0 Å². The zero-order valence-electron chi connectivity index (χ0n) is 13.1. The minimum Gasteiger partial charge on any atom is -0.100 e. The van der Waals surface area contributed by atoms with E-state index in [0.717, 1.165) is 12.8 Å². The maximum atomic E-state index is 4.34. The van der Waals surface area contributed by atoms with Gasteiger partial charge in [0, 0.05) is 0 Å². The molecule has 0 bridgehead atoms. The molecule has 0 atom stereocenters. The first-order valence-corrected chi connectivity index (χ1v) is 6.90. The van der Waals surface area contributed by atoms with Crippen LogP contribution in [0.3, 0.4) is 0 Å². The van der Waals surface area contributed by atoms with E-state index >= 15 is 0 Å². The first-order chi connectivity index (χ1) is 8.82. The summed E-state index contributed by atoms with van der Waals surface area (Å²) in [4.78, 5) is 0.